The molecule has 0 bridgehead atoms. The number of likely N-dealkylation sites (N-methyl/N-ethyl adjacent to an activating group) is 1. The van der Waals surface area contributed by atoms with Crippen molar-refractivity contribution in [1.29, 1.82) is 0 Å². The van der Waals surface area contributed by atoms with E-state index >= 15 is 0 Å². The zero-order valence-electron chi connectivity index (χ0n) is 12.2. The average molecular weight is 238 g/mol. The van der Waals surface area contributed by atoms with Gasteiger partial charge in [-0.25, -0.2) is 0 Å². The summed E-state index contributed by atoms with van der Waals surface area (Å²) in [6.07, 6.45) is 5.76. The Morgan fingerprint density at radius 2 is 1.35 bits per heavy atom. The lowest BCUT2D eigenvalue weighted by Crippen LogP contribution is -2.50. The molecule has 0 unspecified atom stereocenters. The van der Waals surface area contributed by atoms with Crippen molar-refractivity contribution in [3.05, 3.63) is 0 Å². The van der Waals surface area contributed by atoms with Crippen molar-refractivity contribution >= 4 is 0 Å². The fraction of sp³-hybridized carbons (Fsp3) is 1.00. The monoisotopic (exact) mass is 238 g/mol. The number of rotatable bonds is 1. The molecule has 1 heterocycles. The Hall–Kier alpha value is -0.0800. The van der Waals surface area contributed by atoms with Crippen molar-refractivity contribution in [3.8, 4) is 0 Å². The second kappa shape index (κ2) is 5.27. The normalized spacial score (nSPS) is 33.9. The van der Waals surface area contributed by atoms with Crippen LogP contribution in [0.15, 0.2) is 0 Å². The minimum absolute atomic E-state index is 0.521. The Morgan fingerprint density at radius 1 is 0.824 bits per heavy atom. The fourth-order valence-electron chi connectivity index (χ4n) is 3.49. The minimum Gasteiger partial charge on any atom is -0.304 e. The molecule has 1 aliphatic heterocycles. The molecule has 2 rings (SSSR count). The standard InChI is InChI=1S/C15H30N2/c1-15(2,3)13-5-7-14(8-6-13)17-11-9-16(4)10-12-17/h13-14H,5-12H2,1-4H3/t13-,14+. The van der Waals surface area contributed by atoms with Gasteiger partial charge in [0.15, 0.2) is 0 Å². The lowest BCUT2D eigenvalue weighted by atomic mass is 9.71. The maximum absolute atomic E-state index is 2.75. The van der Waals surface area contributed by atoms with Gasteiger partial charge in [0.25, 0.3) is 0 Å². The molecule has 0 aromatic rings. The highest BCUT2D eigenvalue weighted by Crippen LogP contribution is 2.39. The van der Waals surface area contributed by atoms with Crippen LogP contribution in [0, 0.1) is 11.3 Å². The van der Waals surface area contributed by atoms with Crippen LogP contribution in [0.25, 0.3) is 0 Å². The minimum atomic E-state index is 0.521. The summed E-state index contributed by atoms with van der Waals surface area (Å²) >= 11 is 0. The summed E-state index contributed by atoms with van der Waals surface area (Å²) < 4.78 is 0. The largest absolute Gasteiger partial charge is 0.304 e. The van der Waals surface area contributed by atoms with E-state index < -0.39 is 0 Å². The van der Waals surface area contributed by atoms with E-state index in [1.807, 2.05) is 0 Å². The third-order valence-electron chi connectivity index (χ3n) is 4.98. The molecule has 17 heavy (non-hydrogen) atoms. The molecule has 0 aromatic carbocycles. The SMILES string of the molecule is CN1CCN([C@H]2CC[C@@H](C(C)(C)C)CC2)CC1. The summed E-state index contributed by atoms with van der Waals surface area (Å²) in [6, 6.07) is 0.891. The summed E-state index contributed by atoms with van der Waals surface area (Å²) in [5.74, 6) is 0.950. The lowest BCUT2D eigenvalue weighted by molar-refractivity contribution is 0.0619. The van der Waals surface area contributed by atoms with Gasteiger partial charge in [-0.05, 0) is 44.1 Å². The van der Waals surface area contributed by atoms with Crippen LogP contribution in [0.4, 0.5) is 0 Å². The van der Waals surface area contributed by atoms with Crippen LogP contribution >= 0.6 is 0 Å². The van der Waals surface area contributed by atoms with Gasteiger partial charge < -0.3 is 4.90 Å². The van der Waals surface area contributed by atoms with E-state index in [-0.39, 0.29) is 0 Å². The maximum Gasteiger partial charge on any atom is 0.0113 e. The van der Waals surface area contributed by atoms with Crippen molar-refractivity contribution in [2.24, 2.45) is 11.3 Å². The van der Waals surface area contributed by atoms with E-state index in [1.165, 1.54) is 51.9 Å². The highest BCUT2D eigenvalue weighted by Gasteiger charge is 2.32. The van der Waals surface area contributed by atoms with Crippen molar-refractivity contribution in [2.45, 2.75) is 52.5 Å². The third-order valence-corrected chi connectivity index (χ3v) is 4.98. The van der Waals surface area contributed by atoms with Gasteiger partial charge >= 0.3 is 0 Å². The number of nitrogens with zero attached hydrogens (tertiary/aromatic N) is 2. The second-order valence-electron chi connectivity index (χ2n) is 7.21. The second-order valence-corrected chi connectivity index (χ2v) is 7.21. The van der Waals surface area contributed by atoms with Gasteiger partial charge in [-0.2, -0.15) is 0 Å². The Labute approximate surface area is 107 Å². The maximum atomic E-state index is 2.75. The van der Waals surface area contributed by atoms with Crippen molar-refractivity contribution in [1.82, 2.24) is 9.80 Å². The first-order valence-electron chi connectivity index (χ1n) is 7.39. The molecule has 0 amide bonds. The Balaban J connectivity index is 1.79. The van der Waals surface area contributed by atoms with Crippen LogP contribution in [0.3, 0.4) is 0 Å². The summed E-state index contributed by atoms with van der Waals surface area (Å²) in [5, 5.41) is 0. The van der Waals surface area contributed by atoms with Gasteiger partial charge in [-0.15, -0.1) is 0 Å². The average Bonchev–Trinajstić information content (AvgIpc) is 2.29. The van der Waals surface area contributed by atoms with Gasteiger partial charge in [0.1, 0.15) is 0 Å². The van der Waals surface area contributed by atoms with Gasteiger partial charge in [0, 0.05) is 32.2 Å². The topological polar surface area (TPSA) is 6.48 Å². The first kappa shape index (κ1) is 13.4. The predicted octanol–water partition coefficient (Wildman–Crippen LogP) is 2.84. The van der Waals surface area contributed by atoms with Crippen LogP contribution < -0.4 is 0 Å². The molecule has 1 aliphatic carbocycles. The van der Waals surface area contributed by atoms with Crippen molar-refractivity contribution in [2.75, 3.05) is 33.2 Å². The molecule has 2 fully saturated rings. The molecule has 0 aromatic heterocycles. The van der Waals surface area contributed by atoms with E-state index in [9.17, 15) is 0 Å². The van der Waals surface area contributed by atoms with Crippen molar-refractivity contribution < 1.29 is 0 Å². The molecule has 2 nitrogen and oxygen atoms in total. The van der Waals surface area contributed by atoms with Gasteiger partial charge in [0.05, 0.1) is 0 Å². The molecule has 100 valence electrons. The molecule has 1 saturated heterocycles. The summed E-state index contributed by atoms with van der Waals surface area (Å²) in [7, 11) is 2.24. The molecule has 0 atom stereocenters. The van der Waals surface area contributed by atoms with Crippen LogP contribution in [0.1, 0.15) is 46.5 Å². The summed E-state index contributed by atoms with van der Waals surface area (Å²) in [4.78, 5) is 5.20. The number of hydrogen-bond donors (Lipinski definition) is 0. The lowest BCUT2D eigenvalue weighted by Gasteiger charge is -2.43. The highest BCUT2D eigenvalue weighted by molar-refractivity contribution is 4.86. The molecule has 1 saturated carbocycles. The molecular weight excluding hydrogens is 208 g/mol. The van der Waals surface area contributed by atoms with Gasteiger partial charge in [0.2, 0.25) is 0 Å². The van der Waals surface area contributed by atoms with E-state index in [1.54, 1.807) is 0 Å². The van der Waals surface area contributed by atoms with E-state index in [4.69, 9.17) is 0 Å². The fourth-order valence-corrected chi connectivity index (χ4v) is 3.49. The van der Waals surface area contributed by atoms with Crippen LogP contribution in [0.2, 0.25) is 0 Å². The van der Waals surface area contributed by atoms with E-state index in [0.717, 1.165) is 12.0 Å². The first-order valence-corrected chi connectivity index (χ1v) is 7.39. The number of hydrogen-bond acceptors (Lipinski definition) is 2. The smallest absolute Gasteiger partial charge is 0.0113 e. The van der Waals surface area contributed by atoms with Gasteiger partial charge in [-0.3, -0.25) is 4.90 Å². The van der Waals surface area contributed by atoms with Crippen LogP contribution in [-0.4, -0.2) is 49.1 Å². The molecule has 0 spiro atoms. The van der Waals surface area contributed by atoms with Crippen LogP contribution in [-0.2, 0) is 0 Å². The molecule has 0 N–H and O–H groups in total. The molecule has 2 heteroatoms. The van der Waals surface area contributed by atoms with E-state index in [0.29, 0.717) is 5.41 Å². The van der Waals surface area contributed by atoms with Crippen molar-refractivity contribution in [3.63, 3.8) is 0 Å². The molecule has 2 aliphatic rings. The summed E-state index contributed by atoms with van der Waals surface area (Å²) in [6.45, 7) is 12.3. The zero-order valence-corrected chi connectivity index (χ0v) is 12.2. The van der Waals surface area contributed by atoms with E-state index in [2.05, 4.69) is 37.6 Å². The molecule has 0 radical (unpaired) electrons. The first-order chi connectivity index (χ1) is 7.97. The van der Waals surface area contributed by atoms with Crippen LogP contribution in [0.5, 0.6) is 0 Å². The Morgan fingerprint density at radius 3 is 1.82 bits per heavy atom. The quantitative estimate of drug-likeness (QED) is 0.693. The third kappa shape index (κ3) is 3.45. The molecular formula is C15H30N2. The highest BCUT2D eigenvalue weighted by atomic mass is 15.3. The Bertz CT molecular complexity index is 228. The number of piperazine rings is 1. The zero-order chi connectivity index (χ0) is 12.5. The summed E-state index contributed by atoms with van der Waals surface area (Å²) in [5.41, 5.74) is 0.521. The predicted molar refractivity (Wildman–Crippen MR) is 74.3 cm³/mol. The Kier molecular flexibility index (Phi) is 4.14. The van der Waals surface area contributed by atoms with Gasteiger partial charge in [-0.1, -0.05) is 20.8 Å².